The lowest BCUT2D eigenvalue weighted by Gasteiger charge is -2.59. The van der Waals surface area contributed by atoms with E-state index in [0.717, 1.165) is 5.57 Å². The molecule has 0 saturated heterocycles. The predicted molar refractivity (Wildman–Crippen MR) is 135 cm³/mol. The molecule has 1 saturated carbocycles. The number of rotatable bonds is 10. The van der Waals surface area contributed by atoms with Gasteiger partial charge < -0.3 is 24.1 Å². The van der Waals surface area contributed by atoms with Crippen LogP contribution in [0.3, 0.4) is 0 Å². The summed E-state index contributed by atoms with van der Waals surface area (Å²) in [6, 6.07) is 0. The van der Waals surface area contributed by atoms with E-state index in [1.54, 1.807) is 20.8 Å². The second-order valence-electron chi connectivity index (χ2n) is 11.4. The van der Waals surface area contributed by atoms with Gasteiger partial charge in [-0.2, -0.15) is 0 Å². The van der Waals surface area contributed by atoms with E-state index in [2.05, 4.69) is 0 Å². The van der Waals surface area contributed by atoms with Crippen LogP contribution in [0.1, 0.15) is 87.5 Å². The van der Waals surface area contributed by atoms with Gasteiger partial charge in [0.05, 0.1) is 12.2 Å². The minimum absolute atomic E-state index is 0.0677. The van der Waals surface area contributed by atoms with Crippen molar-refractivity contribution in [2.24, 2.45) is 16.7 Å². The molecule has 0 aromatic carbocycles. The van der Waals surface area contributed by atoms with Gasteiger partial charge in [0, 0.05) is 45.4 Å². The molecule has 0 aliphatic heterocycles. The summed E-state index contributed by atoms with van der Waals surface area (Å²) in [6.45, 7) is 12.2. The Hall–Kier alpha value is -2.75. The van der Waals surface area contributed by atoms with E-state index in [1.165, 1.54) is 27.7 Å². The first-order valence-corrected chi connectivity index (χ1v) is 13.0. The lowest BCUT2D eigenvalue weighted by atomic mass is 9.47. The first kappa shape index (κ1) is 31.5. The maximum Gasteiger partial charge on any atom is 0.303 e. The number of aliphatic hydroxyl groups is 1. The molecule has 2 rings (SSSR count). The molecule has 1 unspecified atom stereocenters. The van der Waals surface area contributed by atoms with Gasteiger partial charge in [-0.3, -0.25) is 24.0 Å². The molecule has 2 aliphatic rings. The Bertz CT molecular complexity index is 996. The van der Waals surface area contributed by atoms with Gasteiger partial charge >= 0.3 is 23.9 Å². The fourth-order valence-corrected chi connectivity index (χ4v) is 6.35. The molecular formula is C28H42O10. The molecule has 6 atom stereocenters. The number of fused-ring (bicyclic) bond motifs is 1. The van der Waals surface area contributed by atoms with Crippen molar-refractivity contribution in [3.63, 3.8) is 0 Å². The maximum atomic E-state index is 13.7. The van der Waals surface area contributed by atoms with Crippen LogP contribution in [0, 0.1) is 16.7 Å². The number of ether oxygens (including phenoxy) is 4. The zero-order valence-corrected chi connectivity index (χ0v) is 23.8. The largest absolute Gasteiger partial charge is 0.466 e. The highest BCUT2D eigenvalue weighted by Crippen LogP contribution is 2.61. The summed E-state index contributed by atoms with van der Waals surface area (Å²) >= 11 is 0. The fourth-order valence-electron chi connectivity index (χ4n) is 6.35. The Morgan fingerprint density at radius 2 is 1.53 bits per heavy atom. The van der Waals surface area contributed by atoms with Crippen LogP contribution in [-0.4, -0.2) is 65.8 Å². The zero-order valence-electron chi connectivity index (χ0n) is 23.8. The molecular weight excluding hydrogens is 496 g/mol. The Morgan fingerprint density at radius 1 is 0.947 bits per heavy atom. The van der Waals surface area contributed by atoms with Crippen molar-refractivity contribution in [1.82, 2.24) is 0 Å². The lowest BCUT2D eigenvalue weighted by Crippen LogP contribution is -2.63. The maximum absolute atomic E-state index is 13.7. The summed E-state index contributed by atoms with van der Waals surface area (Å²) in [5.41, 5.74) is -1.63. The third-order valence-electron chi connectivity index (χ3n) is 8.18. The molecule has 0 spiro atoms. The van der Waals surface area contributed by atoms with Crippen LogP contribution in [0.5, 0.6) is 0 Å². The molecule has 2 aliphatic carbocycles. The summed E-state index contributed by atoms with van der Waals surface area (Å²) in [5.74, 6) is -3.12. The Morgan fingerprint density at radius 3 is 2.05 bits per heavy atom. The number of esters is 4. The molecule has 0 bridgehead atoms. The van der Waals surface area contributed by atoms with Crippen LogP contribution >= 0.6 is 0 Å². The first-order valence-electron chi connectivity index (χ1n) is 13.0. The quantitative estimate of drug-likeness (QED) is 0.325. The normalized spacial score (nSPS) is 30.6. The topological polar surface area (TPSA) is 143 Å². The highest BCUT2D eigenvalue weighted by Gasteiger charge is 2.64. The number of carbonyl (C=O) groups excluding carboxylic acids is 5. The van der Waals surface area contributed by atoms with Gasteiger partial charge in [0.2, 0.25) is 0 Å². The third-order valence-corrected chi connectivity index (χ3v) is 8.18. The average Bonchev–Trinajstić information content (AvgIpc) is 2.77. The molecule has 0 aromatic rings. The van der Waals surface area contributed by atoms with E-state index in [0.29, 0.717) is 31.3 Å². The van der Waals surface area contributed by atoms with E-state index in [-0.39, 0.29) is 25.4 Å². The Kier molecular flexibility index (Phi) is 9.91. The number of hydrogen-bond donors (Lipinski definition) is 1. The second-order valence-corrected chi connectivity index (χ2v) is 11.4. The summed E-state index contributed by atoms with van der Waals surface area (Å²) < 4.78 is 21.7. The molecule has 10 heteroatoms. The van der Waals surface area contributed by atoms with Gasteiger partial charge in [-0.1, -0.05) is 19.4 Å². The van der Waals surface area contributed by atoms with E-state index < -0.39 is 58.4 Å². The summed E-state index contributed by atoms with van der Waals surface area (Å²) in [7, 11) is 0. The summed E-state index contributed by atoms with van der Waals surface area (Å²) in [5, 5.41) is 11.0. The molecule has 10 nitrogen and oxygen atoms in total. The van der Waals surface area contributed by atoms with Crippen LogP contribution in [0.2, 0.25) is 0 Å². The van der Waals surface area contributed by atoms with Crippen molar-refractivity contribution >= 4 is 29.7 Å². The zero-order chi connectivity index (χ0) is 29.1. The summed E-state index contributed by atoms with van der Waals surface area (Å²) in [6.07, 6.45) is -0.0140. The van der Waals surface area contributed by atoms with Gasteiger partial charge in [-0.25, -0.2) is 0 Å². The summed E-state index contributed by atoms with van der Waals surface area (Å²) in [4.78, 5) is 60.8. The molecule has 214 valence electrons. The number of ketones is 1. The molecule has 0 aromatic heterocycles. The average molecular weight is 539 g/mol. The molecule has 0 heterocycles. The number of carbonyl (C=O) groups is 5. The minimum Gasteiger partial charge on any atom is -0.466 e. The Balaban J connectivity index is 2.56. The van der Waals surface area contributed by atoms with E-state index in [4.69, 9.17) is 18.9 Å². The van der Waals surface area contributed by atoms with Gasteiger partial charge in [0.15, 0.2) is 11.9 Å². The lowest BCUT2D eigenvalue weighted by molar-refractivity contribution is -0.202. The second kappa shape index (κ2) is 12.0. The predicted octanol–water partition coefficient (Wildman–Crippen LogP) is 3.22. The van der Waals surface area contributed by atoms with Gasteiger partial charge in [-0.15, -0.1) is 0 Å². The van der Waals surface area contributed by atoms with Crippen LogP contribution < -0.4 is 0 Å². The van der Waals surface area contributed by atoms with Crippen LogP contribution in [0.25, 0.3) is 0 Å². The Labute approximate surface area is 224 Å². The van der Waals surface area contributed by atoms with Crippen molar-refractivity contribution in [2.45, 2.75) is 105 Å². The minimum atomic E-state index is -1.17. The SMILES string of the molecule is CC(=O)OCCC(C)(O)CCC1=C(C)C(=O)[C@@H](OC(C)=O)[C@H]2[C@@](C)(COC(C)=O)[C@H](OC(C)=O)CC[C@]12C. The van der Waals surface area contributed by atoms with Crippen LogP contribution in [0.4, 0.5) is 0 Å². The van der Waals surface area contributed by atoms with E-state index >= 15 is 0 Å². The molecule has 0 radical (unpaired) electrons. The van der Waals surface area contributed by atoms with Crippen molar-refractivity contribution < 1.29 is 48.0 Å². The standard InChI is InChI=1S/C28H42O10/c1-16-21(9-11-26(6,34)13-14-35-17(2)29)27(7)12-10-22(37-19(4)31)28(8,15-36-18(3)30)25(27)24(23(16)33)38-20(5)32/h22,24-25,34H,9-15H2,1-8H3/t22-,24-,25-,26?,27-,28+/m1/s1. The van der Waals surface area contributed by atoms with Crippen LogP contribution in [-0.2, 0) is 42.9 Å². The third kappa shape index (κ3) is 7.01. The highest BCUT2D eigenvalue weighted by molar-refractivity contribution is 6.01. The molecule has 1 N–H and O–H groups in total. The van der Waals surface area contributed by atoms with Gasteiger partial charge in [0.25, 0.3) is 0 Å². The van der Waals surface area contributed by atoms with Crippen molar-refractivity contribution in [1.29, 1.82) is 0 Å². The number of Topliss-reactive ketones (excluding diaryl/α,β-unsaturated/α-hetero) is 1. The number of hydrogen-bond acceptors (Lipinski definition) is 10. The number of allylic oxidation sites excluding steroid dienone is 1. The fraction of sp³-hybridized carbons (Fsp3) is 0.750. The monoisotopic (exact) mass is 538 g/mol. The molecule has 38 heavy (non-hydrogen) atoms. The van der Waals surface area contributed by atoms with Crippen LogP contribution in [0.15, 0.2) is 11.1 Å². The smallest absolute Gasteiger partial charge is 0.303 e. The molecule has 1 fully saturated rings. The molecule has 0 amide bonds. The van der Waals surface area contributed by atoms with E-state index in [1.807, 2.05) is 6.92 Å². The van der Waals surface area contributed by atoms with Crippen molar-refractivity contribution in [2.75, 3.05) is 13.2 Å². The van der Waals surface area contributed by atoms with E-state index in [9.17, 15) is 29.1 Å². The highest BCUT2D eigenvalue weighted by atomic mass is 16.6. The first-order chi connectivity index (χ1) is 17.4. The van der Waals surface area contributed by atoms with Crippen molar-refractivity contribution in [3.05, 3.63) is 11.1 Å². The van der Waals surface area contributed by atoms with Crippen molar-refractivity contribution in [3.8, 4) is 0 Å². The van der Waals surface area contributed by atoms with Gasteiger partial charge in [0.1, 0.15) is 12.7 Å². The van der Waals surface area contributed by atoms with Gasteiger partial charge in [-0.05, 0) is 50.5 Å².